The van der Waals surface area contributed by atoms with Gasteiger partial charge in [0.25, 0.3) is 5.91 Å². The number of hydrogen-bond acceptors (Lipinski definition) is 3. The number of likely N-dealkylation sites (N-methyl/N-ethyl adjacent to an activating group) is 1. The first-order valence-electron chi connectivity index (χ1n) is 9.64. The van der Waals surface area contributed by atoms with E-state index >= 15 is 0 Å². The van der Waals surface area contributed by atoms with Gasteiger partial charge in [-0.2, -0.15) is 0 Å². The van der Waals surface area contributed by atoms with E-state index < -0.39 is 0 Å². The number of carbonyl (C=O) groups is 1. The average molecular weight is 364 g/mol. The van der Waals surface area contributed by atoms with Crippen molar-refractivity contribution in [1.82, 2.24) is 4.90 Å². The van der Waals surface area contributed by atoms with Gasteiger partial charge in [-0.3, -0.25) is 4.79 Å². The minimum Gasteiger partial charge on any atom is -0.460 e. The number of carbonyl (C=O) groups excluding carboxylic acids is 1. The third kappa shape index (κ3) is 4.77. The topological polar surface area (TPSA) is 45.5 Å². The first kappa shape index (κ1) is 19.2. The first-order valence-corrected chi connectivity index (χ1v) is 9.64. The second kappa shape index (κ2) is 8.87. The lowest BCUT2D eigenvalue weighted by molar-refractivity contribution is 0.102. The predicted molar refractivity (Wildman–Crippen MR) is 111 cm³/mol. The van der Waals surface area contributed by atoms with Crippen molar-refractivity contribution in [1.29, 1.82) is 0 Å². The van der Waals surface area contributed by atoms with Crippen LogP contribution in [-0.4, -0.2) is 31.4 Å². The molecule has 4 heteroatoms. The second-order valence-corrected chi connectivity index (χ2v) is 7.20. The van der Waals surface area contributed by atoms with Crippen molar-refractivity contribution in [2.75, 3.05) is 26.0 Å². The van der Waals surface area contributed by atoms with Crippen molar-refractivity contribution >= 4 is 22.6 Å². The molecule has 1 aromatic heterocycles. The summed E-state index contributed by atoms with van der Waals surface area (Å²) in [5.74, 6) is 0.672. The van der Waals surface area contributed by atoms with Crippen LogP contribution in [0.25, 0.3) is 11.0 Å². The van der Waals surface area contributed by atoms with Gasteiger partial charge in [0.05, 0.1) is 5.56 Å². The summed E-state index contributed by atoms with van der Waals surface area (Å²) in [5, 5.41) is 3.91. The SMILES string of the molecule is CCCCc1oc2ccccc2c1C(=O)Nc1ccc(CCN(C)C)cc1. The maximum Gasteiger partial charge on any atom is 0.259 e. The minimum atomic E-state index is -0.105. The number of anilines is 1. The highest BCUT2D eigenvalue weighted by Gasteiger charge is 2.20. The van der Waals surface area contributed by atoms with Crippen LogP contribution in [-0.2, 0) is 12.8 Å². The number of hydrogen-bond donors (Lipinski definition) is 1. The Labute approximate surface area is 161 Å². The van der Waals surface area contributed by atoms with Gasteiger partial charge < -0.3 is 14.6 Å². The smallest absolute Gasteiger partial charge is 0.259 e. The van der Waals surface area contributed by atoms with E-state index in [-0.39, 0.29) is 5.91 Å². The molecule has 3 rings (SSSR count). The minimum absolute atomic E-state index is 0.105. The van der Waals surface area contributed by atoms with E-state index in [1.165, 1.54) is 5.56 Å². The van der Waals surface area contributed by atoms with E-state index in [0.29, 0.717) is 5.56 Å². The van der Waals surface area contributed by atoms with Crippen molar-refractivity contribution in [3.8, 4) is 0 Å². The van der Waals surface area contributed by atoms with Gasteiger partial charge in [-0.25, -0.2) is 0 Å². The van der Waals surface area contributed by atoms with Gasteiger partial charge in [0.15, 0.2) is 0 Å². The Balaban J connectivity index is 1.79. The van der Waals surface area contributed by atoms with Gasteiger partial charge in [0, 0.05) is 24.0 Å². The zero-order valence-corrected chi connectivity index (χ0v) is 16.4. The number of furan rings is 1. The van der Waals surface area contributed by atoms with Crippen LogP contribution in [0.15, 0.2) is 52.9 Å². The normalized spacial score (nSPS) is 11.3. The fraction of sp³-hybridized carbons (Fsp3) is 0.348. The molecular weight excluding hydrogens is 336 g/mol. The lowest BCUT2D eigenvalue weighted by Gasteiger charge is -2.10. The van der Waals surface area contributed by atoms with Crippen LogP contribution in [0.5, 0.6) is 0 Å². The molecule has 0 atom stereocenters. The largest absolute Gasteiger partial charge is 0.460 e. The second-order valence-electron chi connectivity index (χ2n) is 7.20. The summed E-state index contributed by atoms with van der Waals surface area (Å²) in [4.78, 5) is 15.2. The average Bonchev–Trinajstić information content (AvgIpc) is 3.04. The molecule has 4 nitrogen and oxygen atoms in total. The zero-order valence-electron chi connectivity index (χ0n) is 16.4. The quantitative estimate of drug-likeness (QED) is 0.602. The molecule has 3 aromatic rings. The van der Waals surface area contributed by atoms with E-state index in [1.54, 1.807) is 0 Å². The molecule has 0 radical (unpaired) electrons. The third-order valence-corrected chi connectivity index (χ3v) is 4.71. The summed E-state index contributed by atoms with van der Waals surface area (Å²) in [5.41, 5.74) is 3.50. The van der Waals surface area contributed by atoms with Gasteiger partial charge in [0.1, 0.15) is 11.3 Å². The standard InChI is InChI=1S/C23H28N2O2/c1-4-5-9-21-22(19-8-6-7-10-20(19)27-21)23(26)24-18-13-11-17(12-14-18)15-16-25(2)3/h6-8,10-14H,4-5,9,15-16H2,1-3H3,(H,24,26). The van der Waals surface area contributed by atoms with Crippen LogP contribution in [0.2, 0.25) is 0 Å². The van der Waals surface area contributed by atoms with Crippen LogP contribution in [0.4, 0.5) is 5.69 Å². The number of para-hydroxylation sites is 1. The van der Waals surface area contributed by atoms with E-state index in [0.717, 1.165) is 54.6 Å². The van der Waals surface area contributed by atoms with E-state index in [1.807, 2.05) is 36.4 Å². The summed E-state index contributed by atoms with van der Waals surface area (Å²) in [6.07, 6.45) is 3.83. The molecule has 0 saturated carbocycles. The van der Waals surface area contributed by atoms with Gasteiger partial charge in [-0.1, -0.05) is 43.7 Å². The summed E-state index contributed by atoms with van der Waals surface area (Å²) >= 11 is 0. The summed E-state index contributed by atoms with van der Waals surface area (Å²) < 4.78 is 5.97. The molecule has 1 heterocycles. The van der Waals surface area contributed by atoms with Gasteiger partial charge in [-0.15, -0.1) is 0 Å². The van der Waals surface area contributed by atoms with Gasteiger partial charge in [-0.05, 0) is 50.7 Å². The summed E-state index contributed by atoms with van der Waals surface area (Å²) in [6.45, 7) is 3.15. The maximum absolute atomic E-state index is 13.0. The Kier molecular flexibility index (Phi) is 6.30. The Bertz CT molecular complexity index is 894. The molecular formula is C23H28N2O2. The molecule has 142 valence electrons. The molecule has 0 saturated heterocycles. The highest BCUT2D eigenvalue weighted by Crippen LogP contribution is 2.28. The highest BCUT2D eigenvalue weighted by atomic mass is 16.3. The molecule has 1 amide bonds. The molecule has 27 heavy (non-hydrogen) atoms. The maximum atomic E-state index is 13.0. The van der Waals surface area contributed by atoms with Crippen LogP contribution in [0, 0.1) is 0 Å². The van der Waals surface area contributed by atoms with Crippen LogP contribution in [0.3, 0.4) is 0 Å². The van der Waals surface area contributed by atoms with Crippen LogP contribution < -0.4 is 5.32 Å². The molecule has 0 bridgehead atoms. The van der Waals surface area contributed by atoms with E-state index in [4.69, 9.17) is 4.42 Å². The fourth-order valence-electron chi connectivity index (χ4n) is 3.16. The molecule has 0 aliphatic heterocycles. The molecule has 0 aliphatic carbocycles. The number of aryl methyl sites for hydroxylation is 1. The number of rotatable bonds is 8. The van der Waals surface area contributed by atoms with Crippen molar-refractivity contribution in [2.45, 2.75) is 32.6 Å². The highest BCUT2D eigenvalue weighted by molar-refractivity contribution is 6.13. The number of nitrogens with one attached hydrogen (secondary N) is 1. The number of benzene rings is 2. The van der Waals surface area contributed by atoms with Crippen molar-refractivity contribution < 1.29 is 9.21 Å². The molecule has 0 aliphatic rings. The Morgan fingerprint density at radius 1 is 1.04 bits per heavy atom. The van der Waals surface area contributed by atoms with Crippen molar-refractivity contribution in [3.63, 3.8) is 0 Å². The molecule has 0 fully saturated rings. The first-order chi connectivity index (χ1) is 13.1. The van der Waals surface area contributed by atoms with Crippen LogP contribution in [0.1, 0.15) is 41.4 Å². The Morgan fingerprint density at radius 3 is 2.48 bits per heavy atom. The molecule has 0 unspecified atom stereocenters. The lowest BCUT2D eigenvalue weighted by atomic mass is 10.1. The predicted octanol–water partition coefficient (Wildman–Crippen LogP) is 5.13. The number of fused-ring (bicyclic) bond motifs is 1. The Morgan fingerprint density at radius 2 is 1.78 bits per heavy atom. The number of amides is 1. The number of unbranched alkanes of at least 4 members (excludes halogenated alkanes) is 1. The number of nitrogens with zero attached hydrogens (tertiary/aromatic N) is 1. The molecule has 1 N–H and O–H groups in total. The van der Waals surface area contributed by atoms with Gasteiger partial charge >= 0.3 is 0 Å². The fourth-order valence-corrected chi connectivity index (χ4v) is 3.16. The van der Waals surface area contributed by atoms with Gasteiger partial charge in [0.2, 0.25) is 0 Å². The lowest BCUT2D eigenvalue weighted by Crippen LogP contribution is -2.15. The van der Waals surface area contributed by atoms with E-state index in [9.17, 15) is 4.79 Å². The third-order valence-electron chi connectivity index (χ3n) is 4.71. The van der Waals surface area contributed by atoms with E-state index in [2.05, 4.69) is 43.4 Å². The summed E-state index contributed by atoms with van der Waals surface area (Å²) in [6, 6.07) is 15.8. The molecule has 2 aromatic carbocycles. The molecule has 0 spiro atoms. The van der Waals surface area contributed by atoms with Crippen LogP contribution >= 0.6 is 0 Å². The van der Waals surface area contributed by atoms with Crippen molar-refractivity contribution in [2.24, 2.45) is 0 Å². The monoisotopic (exact) mass is 364 g/mol. The summed E-state index contributed by atoms with van der Waals surface area (Å²) in [7, 11) is 4.14. The van der Waals surface area contributed by atoms with Crippen molar-refractivity contribution in [3.05, 3.63) is 65.4 Å². The zero-order chi connectivity index (χ0) is 19.2. The Hall–Kier alpha value is -2.59.